The molecule has 13 heavy (non-hydrogen) atoms. The fourth-order valence-corrected chi connectivity index (χ4v) is 2.05. The molecule has 0 N–H and O–H groups in total. The second kappa shape index (κ2) is 3.11. The van der Waals surface area contributed by atoms with Gasteiger partial charge < -0.3 is 0 Å². The molecule has 2 heteroatoms. The van der Waals surface area contributed by atoms with Crippen molar-refractivity contribution in [1.29, 1.82) is 0 Å². The van der Waals surface area contributed by atoms with E-state index >= 15 is 0 Å². The summed E-state index contributed by atoms with van der Waals surface area (Å²) in [7, 11) is 0. The number of aryl methyl sites for hydroxylation is 1. The van der Waals surface area contributed by atoms with Gasteiger partial charge in [-0.05, 0) is 53.0 Å². The van der Waals surface area contributed by atoms with Crippen molar-refractivity contribution in [2.24, 2.45) is 0 Å². The number of aromatic nitrogens is 1. The first-order valence-electron chi connectivity index (χ1n) is 4.20. The van der Waals surface area contributed by atoms with E-state index in [4.69, 9.17) is 0 Å². The zero-order chi connectivity index (χ0) is 9.42. The molecule has 0 atom stereocenters. The fraction of sp³-hybridized carbons (Fsp3) is 0.182. The predicted molar refractivity (Wildman–Crippen MR) is 58.9 cm³/mol. The molecule has 1 nitrogen and oxygen atoms in total. The third-order valence-corrected chi connectivity index (χ3v) is 3.37. The Hall–Kier alpha value is -0.890. The van der Waals surface area contributed by atoms with Crippen molar-refractivity contribution in [2.45, 2.75) is 13.8 Å². The van der Waals surface area contributed by atoms with Crippen molar-refractivity contribution in [3.8, 4) is 0 Å². The van der Waals surface area contributed by atoms with Crippen LogP contribution in [-0.2, 0) is 0 Å². The first-order valence-corrected chi connectivity index (χ1v) is 5.00. The van der Waals surface area contributed by atoms with Crippen LogP contribution in [0.3, 0.4) is 0 Å². The Balaban J connectivity index is 2.94. The SMILES string of the molecule is Cc1cc2ncccc2c(Br)c1C. The van der Waals surface area contributed by atoms with Gasteiger partial charge >= 0.3 is 0 Å². The summed E-state index contributed by atoms with van der Waals surface area (Å²) in [6.45, 7) is 4.22. The lowest BCUT2D eigenvalue weighted by molar-refractivity contribution is 1.31. The molecule has 0 aliphatic carbocycles. The summed E-state index contributed by atoms with van der Waals surface area (Å²) in [6.07, 6.45) is 1.82. The van der Waals surface area contributed by atoms with Gasteiger partial charge in [0.25, 0.3) is 0 Å². The van der Waals surface area contributed by atoms with Crippen molar-refractivity contribution < 1.29 is 0 Å². The van der Waals surface area contributed by atoms with Crippen LogP contribution in [0.1, 0.15) is 11.1 Å². The van der Waals surface area contributed by atoms with Crippen LogP contribution in [-0.4, -0.2) is 4.98 Å². The summed E-state index contributed by atoms with van der Waals surface area (Å²) in [4.78, 5) is 4.31. The molecule has 0 spiro atoms. The first-order chi connectivity index (χ1) is 6.20. The maximum atomic E-state index is 4.31. The van der Waals surface area contributed by atoms with Gasteiger partial charge in [0.05, 0.1) is 5.52 Å². The smallest absolute Gasteiger partial charge is 0.0716 e. The lowest BCUT2D eigenvalue weighted by atomic mass is 10.1. The van der Waals surface area contributed by atoms with Gasteiger partial charge in [-0.15, -0.1) is 0 Å². The highest BCUT2D eigenvalue weighted by Gasteiger charge is 2.04. The maximum Gasteiger partial charge on any atom is 0.0716 e. The van der Waals surface area contributed by atoms with Crippen molar-refractivity contribution in [2.75, 3.05) is 0 Å². The standard InChI is InChI=1S/C11H10BrN/c1-7-6-10-9(4-3-5-13-10)11(12)8(7)2/h3-6H,1-2H3. The van der Waals surface area contributed by atoms with Gasteiger partial charge in [-0.3, -0.25) is 4.98 Å². The van der Waals surface area contributed by atoms with Crippen molar-refractivity contribution in [3.63, 3.8) is 0 Å². The largest absolute Gasteiger partial charge is 0.256 e. The Labute approximate surface area is 85.9 Å². The third kappa shape index (κ3) is 1.35. The molecule has 1 aromatic heterocycles. The van der Waals surface area contributed by atoms with E-state index in [0.29, 0.717) is 0 Å². The molecule has 0 aliphatic rings. The van der Waals surface area contributed by atoms with Gasteiger partial charge in [0, 0.05) is 16.1 Å². The van der Waals surface area contributed by atoms with Crippen LogP contribution in [0.2, 0.25) is 0 Å². The molecule has 0 fully saturated rings. The van der Waals surface area contributed by atoms with Crippen LogP contribution in [0, 0.1) is 13.8 Å². The second-order valence-electron chi connectivity index (χ2n) is 3.20. The first kappa shape index (κ1) is 8.70. The lowest BCUT2D eigenvalue weighted by Crippen LogP contribution is -1.86. The summed E-state index contributed by atoms with van der Waals surface area (Å²) >= 11 is 3.59. The molecule has 1 aromatic carbocycles. The van der Waals surface area contributed by atoms with Crippen LogP contribution in [0.5, 0.6) is 0 Å². The number of fused-ring (bicyclic) bond motifs is 1. The van der Waals surface area contributed by atoms with E-state index in [1.807, 2.05) is 12.3 Å². The Kier molecular flexibility index (Phi) is 2.08. The number of hydrogen-bond acceptors (Lipinski definition) is 1. The van der Waals surface area contributed by atoms with Gasteiger partial charge in [0.15, 0.2) is 0 Å². The molecule has 2 rings (SSSR count). The molecule has 0 unspecified atom stereocenters. The highest BCUT2D eigenvalue weighted by Crippen LogP contribution is 2.28. The molecule has 0 saturated heterocycles. The van der Waals surface area contributed by atoms with E-state index < -0.39 is 0 Å². The minimum atomic E-state index is 1.05. The van der Waals surface area contributed by atoms with E-state index in [0.717, 1.165) is 9.99 Å². The number of hydrogen-bond donors (Lipinski definition) is 0. The van der Waals surface area contributed by atoms with Crippen molar-refractivity contribution in [3.05, 3.63) is 40.0 Å². The minimum Gasteiger partial charge on any atom is -0.256 e. The molecular weight excluding hydrogens is 226 g/mol. The molecular formula is C11H10BrN. The summed E-state index contributed by atoms with van der Waals surface area (Å²) in [6, 6.07) is 6.16. The van der Waals surface area contributed by atoms with Crippen molar-refractivity contribution in [1.82, 2.24) is 4.98 Å². The Morgan fingerprint density at radius 1 is 1.31 bits per heavy atom. The van der Waals surface area contributed by atoms with E-state index in [9.17, 15) is 0 Å². The molecule has 2 aromatic rings. The van der Waals surface area contributed by atoms with Gasteiger partial charge in [-0.2, -0.15) is 0 Å². The van der Waals surface area contributed by atoms with Gasteiger partial charge in [-0.1, -0.05) is 6.07 Å². The molecule has 0 radical (unpaired) electrons. The van der Waals surface area contributed by atoms with Gasteiger partial charge in [-0.25, -0.2) is 0 Å². The van der Waals surface area contributed by atoms with Crippen LogP contribution < -0.4 is 0 Å². The highest BCUT2D eigenvalue weighted by atomic mass is 79.9. The van der Waals surface area contributed by atoms with Crippen LogP contribution in [0.4, 0.5) is 0 Å². The van der Waals surface area contributed by atoms with E-state index in [2.05, 4.69) is 46.9 Å². The summed E-state index contributed by atoms with van der Waals surface area (Å²) in [5, 5.41) is 1.19. The highest BCUT2D eigenvalue weighted by molar-refractivity contribution is 9.10. The Bertz CT molecular complexity index is 463. The van der Waals surface area contributed by atoms with Crippen LogP contribution in [0.15, 0.2) is 28.9 Å². The van der Waals surface area contributed by atoms with Gasteiger partial charge in [0.1, 0.15) is 0 Å². The summed E-state index contributed by atoms with van der Waals surface area (Å²) < 4.78 is 1.16. The average molecular weight is 236 g/mol. The zero-order valence-corrected chi connectivity index (χ0v) is 9.22. The quantitative estimate of drug-likeness (QED) is 0.680. The molecule has 1 heterocycles. The average Bonchev–Trinajstić information content (AvgIpc) is 2.15. The number of pyridine rings is 1. The molecule has 0 aliphatic heterocycles. The predicted octanol–water partition coefficient (Wildman–Crippen LogP) is 3.61. The van der Waals surface area contributed by atoms with Gasteiger partial charge in [0.2, 0.25) is 0 Å². The molecule has 0 saturated carbocycles. The van der Waals surface area contributed by atoms with E-state index in [1.165, 1.54) is 16.5 Å². The van der Waals surface area contributed by atoms with Crippen LogP contribution in [0.25, 0.3) is 10.9 Å². The Morgan fingerprint density at radius 3 is 2.85 bits per heavy atom. The number of halogens is 1. The van der Waals surface area contributed by atoms with E-state index in [-0.39, 0.29) is 0 Å². The van der Waals surface area contributed by atoms with E-state index in [1.54, 1.807) is 0 Å². The third-order valence-electron chi connectivity index (χ3n) is 2.35. The number of nitrogens with zero attached hydrogens (tertiary/aromatic N) is 1. The minimum absolute atomic E-state index is 1.05. The van der Waals surface area contributed by atoms with Crippen LogP contribution >= 0.6 is 15.9 Å². The zero-order valence-electron chi connectivity index (χ0n) is 7.63. The fourth-order valence-electron chi connectivity index (χ4n) is 1.41. The number of rotatable bonds is 0. The lowest BCUT2D eigenvalue weighted by Gasteiger charge is -2.06. The monoisotopic (exact) mass is 235 g/mol. The molecule has 0 bridgehead atoms. The number of benzene rings is 1. The normalized spacial score (nSPS) is 10.7. The Morgan fingerprint density at radius 2 is 2.08 bits per heavy atom. The topological polar surface area (TPSA) is 12.9 Å². The summed E-state index contributed by atoms with van der Waals surface area (Å²) in [5.74, 6) is 0. The second-order valence-corrected chi connectivity index (χ2v) is 4.00. The molecule has 66 valence electrons. The molecule has 0 amide bonds. The summed E-state index contributed by atoms with van der Waals surface area (Å²) in [5.41, 5.74) is 3.62. The van der Waals surface area contributed by atoms with Crippen molar-refractivity contribution >= 4 is 26.8 Å². The maximum absolute atomic E-state index is 4.31.